The van der Waals surface area contributed by atoms with Crippen LogP contribution in [0.5, 0.6) is 0 Å². The van der Waals surface area contributed by atoms with E-state index in [9.17, 15) is 4.79 Å². The molecule has 0 aliphatic carbocycles. The lowest BCUT2D eigenvalue weighted by Gasteiger charge is -2.33. The zero-order valence-electron chi connectivity index (χ0n) is 14.7. The number of carbonyl (C=O) groups excluding carboxylic acids is 1. The Morgan fingerprint density at radius 1 is 1.29 bits per heavy atom. The molecule has 3 heterocycles. The van der Waals surface area contributed by atoms with Gasteiger partial charge in [-0.1, -0.05) is 0 Å². The van der Waals surface area contributed by atoms with Crippen LogP contribution >= 0.6 is 0 Å². The molecule has 1 unspecified atom stereocenters. The lowest BCUT2D eigenvalue weighted by atomic mass is 10.2. The van der Waals surface area contributed by atoms with Gasteiger partial charge in [0.15, 0.2) is 0 Å². The Labute approximate surface area is 143 Å². The summed E-state index contributed by atoms with van der Waals surface area (Å²) in [5, 5.41) is 7.68. The van der Waals surface area contributed by atoms with Crippen molar-refractivity contribution in [3.05, 3.63) is 11.6 Å². The van der Waals surface area contributed by atoms with Gasteiger partial charge in [0.2, 0.25) is 5.91 Å². The van der Waals surface area contributed by atoms with Gasteiger partial charge in [-0.15, -0.1) is 0 Å². The van der Waals surface area contributed by atoms with Crippen LogP contribution in [0.4, 0.5) is 0 Å². The predicted octanol–water partition coefficient (Wildman–Crippen LogP) is -0.582. The molecule has 2 aliphatic rings. The molecular formula is C16H28N6O2. The van der Waals surface area contributed by atoms with Gasteiger partial charge in [-0.2, -0.15) is 5.10 Å². The van der Waals surface area contributed by atoms with Crippen molar-refractivity contribution < 1.29 is 9.53 Å². The summed E-state index contributed by atoms with van der Waals surface area (Å²) in [5.41, 5.74) is 0. The molecule has 0 saturated carbocycles. The van der Waals surface area contributed by atoms with E-state index in [1.807, 2.05) is 23.4 Å². The topological polar surface area (TPSA) is 75.5 Å². The van der Waals surface area contributed by atoms with Crippen molar-refractivity contribution in [1.29, 1.82) is 0 Å². The van der Waals surface area contributed by atoms with E-state index in [1.165, 1.54) is 0 Å². The van der Waals surface area contributed by atoms with Gasteiger partial charge in [0, 0.05) is 52.2 Å². The van der Waals surface area contributed by atoms with Crippen LogP contribution in [0.3, 0.4) is 0 Å². The molecule has 1 aromatic rings. The molecule has 0 spiro atoms. The largest absolute Gasteiger partial charge is 0.374 e. The first-order chi connectivity index (χ1) is 11.6. The van der Waals surface area contributed by atoms with Gasteiger partial charge in [0.25, 0.3) is 0 Å². The van der Waals surface area contributed by atoms with Gasteiger partial charge in [-0.05, 0) is 13.8 Å². The summed E-state index contributed by atoms with van der Waals surface area (Å²) < 4.78 is 7.78. The van der Waals surface area contributed by atoms with Crippen LogP contribution in [-0.4, -0.2) is 89.0 Å². The fraction of sp³-hybridized carbons (Fsp3) is 0.812. The number of ether oxygens (including phenoxy) is 1. The third-order valence-corrected chi connectivity index (χ3v) is 4.67. The lowest BCUT2D eigenvalue weighted by Crippen LogP contribution is -2.48. The van der Waals surface area contributed by atoms with Crippen molar-refractivity contribution >= 4 is 5.91 Å². The number of morpholine rings is 1. The highest BCUT2D eigenvalue weighted by molar-refractivity contribution is 5.76. The molecule has 8 heteroatoms. The maximum Gasteiger partial charge on any atom is 0.223 e. The second-order valence-corrected chi connectivity index (χ2v) is 6.56. The fourth-order valence-corrected chi connectivity index (χ4v) is 3.35. The minimum absolute atomic E-state index is 0.104. The SMILES string of the molecule is Cc1nc(C)n(CC2CN(CCC(=O)N3CCNCC3)CCO2)n1. The third kappa shape index (κ3) is 4.52. The van der Waals surface area contributed by atoms with Crippen LogP contribution in [-0.2, 0) is 16.1 Å². The predicted molar refractivity (Wildman–Crippen MR) is 89.7 cm³/mol. The Kier molecular flexibility index (Phi) is 5.80. The number of rotatable bonds is 5. The summed E-state index contributed by atoms with van der Waals surface area (Å²) in [7, 11) is 0. The molecule has 2 fully saturated rings. The standard InChI is InChI=1S/C16H28N6O2/c1-13-18-14(2)22(19-13)12-15-11-20(9-10-24-15)6-3-16(23)21-7-4-17-5-8-21/h15,17H,3-12H2,1-2H3. The van der Waals surface area contributed by atoms with Crippen molar-refractivity contribution in [1.82, 2.24) is 29.9 Å². The Morgan fingerprint density at radius 3 is 2.79 bits per heavy atom. The average molecular weight is 336 g/mol. The molecule has 0 radical (unpaired) electrons. The molecule has 0 aromatic carbocycles. The van der Waals surface area contributed by atoms with Crippen molar-refractivity contribution in [2.75, 3.05) is 52.4 Å². The van der Waals surface area contributed by atoms with Crippen molar-refractivity contribution in [2.24, 2.45) is 0 Å². The Balaban J connectivity index is 1.45. The van der Waals surface area contributed by atoms with Gasteiger partial charge < -0.3 is 15.0 Å². The molecule has 2 saturated heterocycles. The van der Waals surface area contributed by atoms with Crippen LogP contribution < -0.4 is 5.32 Å². The molecule has 134 valence electrons. The van der Waals surface area contributed by atoms with E-state index in [0.717, 1.165) is 64.0 Å². The molecule has 3 rings (SSSR count). The summed E-state index contributed by atoms with van der Waals surface area (Å²) in [6.45, 7) is 11.3. The normalized spacial score (nSPS) is 22.8. The highest BCUT2D eigenvalue weighted by atomic mass is 16.5. The van der Waals surface area contributed by atoms with Gasteiger partial charge >= 0.3 is 0 Å². The second-order valence-electron chi connectivity index (χ2n) is 6.56. The van der Waals surface area contributed by atoms with Gasteiger partial charge in [0.05, 0.1) is 19.3 Å². The highest BCUT2D eigenvalue weighted by Gasteiger charge is 2.23. The van der Waals surface area contributed by atoms with Gasteiger partial charge in [0.1, 0.15) is 11.6 Å². The molecule has 8 nitrogen and oxygen atoms in total. The van der Waals surface area contributed by atoms with Gasteiger partial charge in [-0.3, -0.25) is 9.69 Å². The fourth-order valence-electron chi connectivity index (χ4n) is 3.35. The minimum atomic E-state index is 0.104. The van der Waals surface area contributed by atoms with E-state index >= 15 is 0 Å². The molecule has 24 heavy (non-hydrogen) atoms. The number of hydrogen-bond acceptors (Lipinski definition) is 6. The summed E-state index contributed by atoms with van der Waals surface area (Å²) >= 11 is 0. The van der Waals surface area contributed by atoms with Crippen molar-refractivity contribution in [3.63, 3.8) is 0 Å². The smallest absolute Gasteiger partial charge is 0.223 e. The number of nitrogens with zero attached hydrogens (tertiary/aromatic N) is 5. The lowest BCUT2D eigenvalue weighted by molar-refractivity contribution is -0.132. The monoisotopic (exact) mass is 336 g/mol. The molecule has 1 N–H and O–H groups in total. The number of aryl methyl sites for hydroxylation is 2. The van der Waals surface area contributed by atoms with Crippen LogP contribution in [0, 0.1) is 13.8 Å². The maximum atomic E-state index is 12.3. The molecule has 1 atom stereocenters. The first kappa shape index (κ1) is 17.3. The maximum absolute atomic E-state index is 12.3. The van der Waals surface area contributed by atoms with E-state index in [0.29, 0.717) is 13.0 Å². The number of aromatic nitrogens is 3. The van der Waals surface area contributed by atoms with Crippen LogP contribution in [0.2, 0.25) is 0 Å². The first-order valence-electron chi connectivity index (χ1n) is 8.82. The van der Waals surface area contributed by atoms with Gasteiger partial charge in [-0.25, -0.2) is 9.67 Å². The summed E-state index contributed by atoms with van der Waals surface area (Å²) in [4.78, 5) is 20.9. The van der Waals surface area contributed by atoms with E-state index in [2.05, 4.69) is 20.3 Å². The zero-order chi connectivity index (χ0) is 16.9. The number of carbonyl (C=O) groups is 1. The third-order valence-electron chi connectivity index (χ3n) is 4.67. The summed E-state index contributed by atoms with van der Waals surface area (Å²) in [6.07, 6.45) is 0.696. The average Bonchev–Trinajstić information content (AvgIpc) is 2.91. The van der Waals surface area contributed by atoms with Crippen molar-refractivity contribution in [3.8, 4) is 0 Å². The van der Waals surface area contributed by atoms with E-state index in [4.69, 9.17) is 4.74 Å². The van der Waals surface area contributed by atoms with E-state index in [-0.39, 0.29) is 12.0 Å². The van der Waals surface area contributed by atoms with Crippen LogP contribution in [0.15, 0.2) is 0 Å². The zero-order valence-corrected chi connectivity index (χ0v) is 14.7. The Bertz CT molecular complexity index is 555. The molecule has 1 amide bonds. The summed E-state index contributed by atoms with van der Waals surface area (Å²) in [5.74, 6) is 1.98. The number of nitrogens with one attached hydrogen (secondary N) is 1. The first-order valence-corrected chi connectivity index (χ1v) is 8.82. The van der Waals surface area contributed by atoms with Crippen molar-refractivity contribution in [2.45, 2.75) is 32.9 Å². The number of piperazine rings is 1. The molecule has 2 aliphatic heterocycles. The quantitative estimate of drug-likeness (QED) is 0.775. The molecule has 1 aromatic heterocycles. The second kappa shape index (κ2) is 8.04. The molecular weight excluding hydrogens is 308 g/mol. The van der Waals surface area contributed by atoms with Crippen LogP contribution in [0.1, 0.15) is 18.1 Å². The Hall–Kier alpha value is -1.51. The molecule has 0 bridgehead atoms. The van der Waals surface area contributed by atoms with Crippen LogP contribution in [0.25, 0.3) is 0 Å². The Morgan fingerprint density at radius 2 is 2.08 bits per heavy atom. The highest BCUT2D eigenvalue weighted by Crippen LogP contribution is 2.10. The summed E-state index contributed by atoms with van der Waals surface area (Å²) in [6, 6.07) is 0. The minimum Gasteiger partial charge on any atom is -0.374 e. The van der Waals surface area contributed by atoms with E-state index in [1.54, 1.807) is 0 Å². The number of hydrogen-bond donors (Lipinski definition) is 1. The number of amides is 1. The van der Waals surface area contributed by atoms with E-state index < -0.39 is 0 Å².